The van der Waals surface area contributed by atoms with Gasteiger partial charge in [-0.2, -0.15) is 0 Å². The van der Waals surface area contributed by atoms with E-state index in [1.165, 1.54) is 93.7 Å². The van der Waals surface area contributed by atoms with Crippen LogP contribution in [0.3, 0.4) is 0 Å². The Balaban J connectivity index is 1.92. The summed E-state index contributed by atoms with van der Waals surface area (Å²) in [7, 11) is 0. The van der Waals surface area contributed by atoms with E-state index in [0.717, 1.165) is 11.8 Å². The fraction of sp³-hybridized carbons (Fsp3) is 0.515. The van der Waals surface area contributed by atoms with E-state index in [2.05, 4.69) is 122 Å². The molecule has 0 bridgehead atoms. The van der Waals surface area contributed by atoms with Gasteiger partial charge in [0.25, 0.3) is 0 Å². The third-order valence-electron chi connectivity index (χ3n) is 7.84. The summed E-state index contributed by atoms with van der Waals surface area (Å²) in [5, 5.41) is 0. The van der Waals surface area contributed by atoms with Gasteiger partial charge in [-0.1, -0.05) is 81.1 Å². The van der Waals surface area contributed by atoms with E-state index in [9.17, 15) is 0 Å². The molecule has 0 radical (unpaired) electrons. The van der Waals surface area contributed by atoms with Crippen LogP contribution in [0.2, 0.25) is 0 Å². The van der Waals surface area contributed by atoms with Gasteiger partial charge in [-0.25, -0.2) is 0 Å². The fourth-order valence-corrected chi connectivity index (χ4v) is 6.41. The highest BCUT2D eigenvalue weighted by Gasteiger charge is 2.43. The van der Waals surface area contributed by atoms with E-state index in [1.807, 2.05) is 0 Å². The van der Waals surface area contributed by atoms with E-state index < -0.39 is 0 Å². The smallest absolute Gasteiger partial charge is 0.0216 e. The van der Waals surface area contributed by atoms with Crippen molar-refractivity contribution < 1.29 is 0 Å². The van der Waals surface area contributed by atoms with Gasteiger partial charge in [-0.15, -0.1) is 0 Å². The van der Waals surface area contributed by atoms with Crippen LogP contribution in [-0.2, 0) is 5.41 Å². The zero-order valence-corrected chi connectivity index (χ0v) is 25.9. The Labute approximate surface area is 232 Å². The monoisotopic (exact) mass is 598 g/mol. The minimum absolute atomic E-state index is 0.0910. The molecule has 0 amide bonds. The van der Waals surface area contributed by atoms with Crippen LogP contribution in [0.25, 0.3) is 11.1 Å². The topological polar surface area (TPSA) is 0 Å². The third-order valence-corrected chi connectivity index (χ3v) is 8.82. The number of benzene rings is 2. The normalized spacial score (nSPS) is 15.2. The lowest BCUT2D eigenvalue weighted by Gasteiger charge is -2.35. The van der Waals surface area contributed by atoms with Crippen molar-refractivity contribution in [3.05, 3.63) is 79.8 Å². The Morgan fingerprint density at radius 1 is 0.686 bits per heavy atom. The van der Waals surface area contributed by atoms with Crippen molar-refractivity contribution in [2.75, 3.05) is 0 Å². The Hall–Kier alpha value is -1.12. The first-order valence-electron chi connectivity index (χ1n) is 13.5. The molecule has 1 aliphatic carbocycles. The van der Waals surface area contributed by atoms with Gasteiger partial charge in [0.1, 0.15) is 0 Å². The molecule has 2 heteroatoms. The van der Waals surface area contributed by atoms with Crippen molar-refractivity contribution >= 4 is 31.9 Å². The summed E-state index contributed by atoms with van der Waals surface area (Å²) in [5.41, 5.74) is 8.90. The number of hydrogen-bond acceptors (Lipinski definition) is 0. The van der Waals surface area contributed by atoms with Crippen molar-refractivity contribution in [2.24, 2.45) is 11.8 Å². The van der Waals surface area contributed by atoms with Gasteiger partial charge in [-0.05, 0) is 137 Å². The standard InChI is InChI=1S/C33H44Br2/c1-23(2)9-7-11-25(5)17-19-33(20-18-26(6)12-8-10-24(3)4)31-21-27(34)13-15-29(31)30-16-14-28(35)22-32(30)33/h9-10,13-16,21-22,25-26H,7-8,11-12,17-20H2,1-6H3/t25-,26-/m0/s1. The second-order valence-corrected chi connectivity index (χ2v) is 13.3. The highest BCUT2D eigenvalue weighted by Crippen LogP contribution is 2.55. The molecule has 0 aromatic heterocycles. The molecular weight excluding hydrogens is 556 g/mol. The minimum atomic E-state index is 0.0910. The van der Waals surface area contributed by atoms with Crippen molar-refractivity contribution in [3.63, 3.8) is 0 Å². The molecular formula is C33H44Br2. The molecule has 2 atom stereocenters. The molecule has 0 saturated heterocycles. The van der Waals surface area contributed by atoms with E-state index in [1.54, 1.807) is 0 Å². The van der Waals surface area contributed by atoms with Gasteiger partial charge in [0.2, 0.25) is 0 Å². The average molecular weight is 601 g/mol. The molecule has 0 nitrogen and oxygen atoms in total. The van der Waals surface area contributed by atoms with Crippen LogP contribution in [0.4, 0.5) is 0 Å². The lowest BCUT2D eigenvalue weighted by molar-refractivity contribution is 0.339. The van der Waals surface area contributed by atoms with Crippen LogP contribution in [0, 0.1) is 11.8 Å². The van der Waals surface area contributed by atoms with Crippen LogP contribution in [0.1, 0.15) is 104 Å². The van der Waals surface area contributed by atoms with E-state index in [-0.39, 0.29) is 5.41 Å². The third kappa shape index (κ3) is 7.45. The summed E-state index contributed by atoms with van der Waals surface area (Å²) in [6.07, 6.45) is 14.7. The molecule has 190 valence electrons. The number of rotatable bonds is 12. The first-order valence-corrected chi connectivity index (χ1v) is 15.1. The molecule has 0 aliphatic heterocycles. The lowest BCUT2D eigenvalue weighted by Crippen LogP contribution is -2.27. The summed E-state index contributed by atoms with van der Waals surface area (Å²) in [6, 6.07) is 13.9. The molecule has 0 heterocycles. The van der Waals surface area contributed by atoms with Gasteiger partial charge in [0.15, 0.2) is 0 Å². The Kier molecular flexibility index (Phi) is 10.5. The Bertz CT molecular complexity index is 965. The predicted molar refractivity (Wildman–Crippen MR) is 162 cm³/mol. The molecule has 2 aromatic rings. The van der Waals surface area contributed by atoms with Crippen molar-refractivity contribution in [2.45, 2.75) is 98.3 Å². The SMILES string of the molecule is CC(C)=CCC[C@H](C)CCC1(CC[C@@H](C)CCC=C(C)C)c2cc(Br)ccc2-c2ccc(Br)cc21. The summed E-state index contributed by atoms with van der Waals surface area (Å²) >= 11 is 7.62. The maximum Gasteiger partial charge on any atom is 0.0216 e. The highest BCUT2D eigenvalue weighted by atomic mass is 79.9. The van der Waals surface area contributed by atoms with Crippen LogP contribution >= 0.6 is 31.9 Å². The zero-order chi connectivity index (χ0) is 25.6. The van der Waals surface area contributed by atoms with Crippen LogP contribution in [-0.4, -0.2) is 0 Å². The Morgan fingerprint density at radius 2 is 1.09 bits per heavy atom. The number of halogens is 2. The molecule has 0 N–H and O–H groups in total. The zero-order valence-electron chi connectivity index (χ0n) is 22.7. The second kappa shape index (κ2) is 12.9. The summed E-state index contributed by atoms with van der Waals surface area (Å²) in [5.74, 6) is 1.45. The molecule has 0 spiro atoms. The maximum atomic E-state index is 3.81. The molecule has 0 fully saturated rings. The van der Waals surface area contributed by atoms with Crippen molar-refractivity contribution in [1.29, 1.82) is 0 Å². The molecule has 0 unspecified atom stereocenters. The van der Waals surface area contributed by atoms with E-state index in [4.69, 9.17) is 0 Å². The highest BCUT2D eigenvalue weighted by molar-refractivity contribution is 9.10. The van der Waals surface area contributed by atoms with Crippen LogP contribution in [0.15, 0.2) is 68.6 Å². The van der Waals surface area contributed by atoms with Gasteiger partial charge in [0.05, 0.1) is 0 Å². The summed E-state index contributed by atoms with van der Waals surface area (Å²) in [6.45, 7) is 13.7. The van der Waals surface area contributed by atoms with Crippen LogP contribution < -0.4 is 0 Å². The molecule has 2 aromatic carbocycles. The molecule has 1 aliphatic rings. The average Bonchev–Trinajstić information content (AvgIpc) is 3.04. The minimum Gasteiger partial charge on any atom is -0.0859 e. The Morgan fingerprint density at radius 3 is 1.46 bits per heavy atom. The fourth-order valence-electron chi connectivity index (χ4n) is 5.69. The van der Waals surface area contributed by atoms with E-state index >= 15 is 0 Å². The van der Waals surface area contributed by atoms with Crippen molar-refractivity contribution in [3.8, 4) is 11.1 Å². The molecule has 3 rings (SSSR count). The van der Waals surface area contributed by atoms with Gasteiger partial charge in [0, 0.05) is 14.4 Å². The summed E-state index contributed by atoms with van der Waals surface area (Å²) in [4.78, 5) is 0. The van der Waals surface area contributed by atoms with Crippen LogP contribution in [0.5, 0.6) is 0 Å². The first kappa shape index (κ1) is 28.5. The van der Waals surface area contributed by atoms with Gasteiger partial charge in [-0.3, -0.25) is 0 Å². The van der Waals surface area contributed by atoms with Gasteiger partial charge >= 0.3 is 0 Å². The van der Waals surface area contributed by atoms with Crippen molar-refractivity contribution in [1.82, 2.24) is 0 Å². The summed E-state index contributed by atoms with van der Waals surface area (Å²) < 4.78 is 2.39. The number of allylic oxidation sites excluding steroid dienone is 4. The maximum absolute atomic E-state index is 3.81. The molecule has 0 saturated carbocycles. The second-order valence-electron chi connectivity index (χ2n) is 11.5. The first-order chi connectivity index (χ1) is 16.6. The van der Waals surface area contributed by atoms with Gasteiger partial charge < -0.3 is 0 Å². The van der Waals surface area contributed by atoms with E-state index in [0.29, 0.717) is 0 Å². The molecule has 35 heavy (non-hydrogen) atoms. The quantitative estimate of drug-likeness (QED) is 0.213. The predicted octanol–water partition coefficient (Wildman–Crippen LogP) is 11.8. The number of hydrogen-bond donors (Lipinski definition) is 0. The number of fused-ring (bicyclic) bond motifs is 3. The largest absolute Gasteiger partial charge is 0.0859 e. The lowest BCUT2D eigenvalue weighted by atomic mass is 9.69.